The minimum atomic E-state index is -0.905. The molecular formula is C15H23NO3. The lowest BCUT2D eigenvalue weighted by atomic mass is 9.74. The Labute approximate surface area is 114 Å². The standard InChI is InChI=1S/C15H23NO3/c1-3-15(4-2)6-8-16(9-7-15)11-13-12(14(17)18)5-10-19-13/h5,10H,3-4,6-9,11H2,1-2H3,(H,17,18). The van der Waals surface area contributed by atoms with Gasteiger partial charge in [0, 0.05) is 0 Å². The van der Waals surface area contributed by atoms with Crippen molar-refractivity contribution in [1.29, 1.82) is 0 Å². The van der Waals surface area contributed by atoms with E-state index in [4.69, 9.17) is 9.52 Å². The second-order valence-corrected chi connectivity index (χ2v) is 5.55. The molecule has 1 aromatic heterocycles. The molecule has 1 aromatic rings. The van der Waals surface area contributed by atoms with Gasteiger partial charge in [0.2, 0.25) is 0 Å². The summed E-state index contributed by atoms with van der Waals surface area (Å²) in [5.41, 5.74) is 0.790. The summed E-state index contributed by atoms with van der Waals surface area (Å²) in [6, 6.07) is 1.53. The molecule has 2 heterocycles. The Kier molecular flexibility index (Phi) is 4.30. The van der Waals surface area contributed by atoms with Gasteiger partial charge >= 0.3 is 5.97 Å². The summed E-state index contributed by atoms with van der Waals surface area (Å²) in [6.45, 7) is 7.21. The Balaban J connectivity index is 1.96. The third-order valence-corrected chi connectivity index (χ3v) is 4.76. The van der Waals surface area contributed by atoms with E-state index >= 15 is 0 Å². The summed E-state index contributed by atoms with van der Waals surface area (Å²) in [4.78, 5) is 13.3. The average Bonchev–Trinajstić information content (AvgIpc) is 2.88. The van der Waals surface area contributed by atoms with Crippen LogP contribution in [0.2, 0.25) is 0 Å². The highest BCUT2D eigenvalue weighted by atomic mass is 16.4. The predicted octanol–water partition coefficient (Wildman–Crippen LogP) is 3.38. The molecule has 2 rings (SSSR count). The Hall–Kier alpha value is -1.29. The molecule has 0 aromatic carbocycles. The molecule has 106 valence electrons. The topological polar surface area (TPSA) is 53.7 Å². The number of carboxylic acids is 1. The summed E-state index contributed by atoms with van der Waals surface area (Å²) < 4.78 is 5.31. The lowest BCUT2D eigenvalue weighted by molar-refractivity contribution is 0.0682. The lowest BCUT2D eigenvalue weighted by Crippen LogP contribution is -2.39. The van der Waals surface area contributed by atoms with Crippen LogP contribution in [-0.4, -0.2) is 29.1 Å². The highest BCUT2D eigenvalue weighted by molar-refractivity contribution is 5.88. The van der Waals surface area contributed by atoms with E-state index in [0.717, 1.165) is 13.1 Å². The van der Waals surface area contributed by atoms with Crippen LogP contribution in [0.1, 0.15) is 55.6 Å². The third-order valence-electron chi connectivity index (χ3n) is 4.76. The first kappa shape index (κ1) is 14.1. The zero-order valence-corrected chi connectivity index (χ0v) is 11.8. The summed E-state index contributed by atoms with van der Waals surface area (Å²) in [6.07, 6.45) is 6.33. The van der Waals surface area contributed by atoms with Gasteiger partial charge in [-0.15, -0.1) is 0 Å². The number of carboxylic acid groups (broad SMARTS) is 1. The second kappa shape index (κ2) is 5.78. The Morgan fingerprint density at radius 3 is 2.53 bits per heavy atom. The van der Waals surface area contributed by atoms with Gasteiger partial charge < -0.3 is 9.52 Å². The van der Waals surface area contributed by atoms with Gasteiger partial charge in [-0.2, -0.15) is 0 Å². The van der Waals surface area contributed by atoms with Gasteiger partial charge in [-0.05, 0) is 37.4 Å². The van der Waals surface area contributed by atoms with Crippen LogP contribution in [0, 0.1) is 5.41 Å². The highest BCUT2D eigenvalue weighted by Crippen LogP contribution is 2.38. The van der Waals surface area contributed by atoms with Crippen molar-refractivity contribution in [2.75, 3.05) is 13.1 Å². The summed E-state index contributed by atoms with van der Waals surface area (Å²) in [7, 11) is 0. The third kappa shape index (κ3) is 3.00. The molecule has 1 aliphatic heterocycles. The Bertz CT molecular complexity index is 424. The van der Waals surface area contributed by atoms with E-state index in [1.165, 1.54) is 38.0 Å². The van der Waals surface area contributed by atoms with Crippen LogP contribution < -0.4 is 0 Å². The number of likely N-dealkylation sites (tertiary alicyclic amines) is 1. The van der Waals surface area contributed by atoms with E-state index in [9.17, 15) is 4.79 Å². The first-order valence-corrected chi connectivity index (χ1v) is 7.12. The zero-order chi connectivity index (χ0) is 13.9. The molecule has 0 unspecified atom stereocenters. The van der Waals surface area contributed by atoms with Crippen LogP contribution in [0.15, 0.2) is 16.7 Å². The molecule has 0 saturated carbocycles. The van der Waals surface area contributed by atoms with Crippen molar-refractivity contribution in [3.05, 3.63) is 23.7 Å². The normalized spacial score (nSPS) is 19.5. The lowest BCUT2D eigenvalue weighted by Gasteiger charge is -2.40. The van der Waals surface area contributed by atoms with Crippen molar-refractivity contribution in [1.82, 2.24) is 4.90 Å². The van der Waals surface area contributed by atoms with Crippen molar-refractivity contribution < 1.29 is 14.3 Å². The first-order chi connectivity index (χ1) is 9.10. The summed E-state index contributed by atoms with van der Waals surface area (Å²) in [5, 5.41) is 9.06. The van der Waals surface area contributed by atoms with Crippen molar-refractivity contribution in [2.24, 2.45) is 5.41 Å². The maximum absolute atomic E-state index is 11.0. The van der Waals surface area contributed by atoms with Crippen LogP contribution in [0.5, 0.6) is 0 Å². The molecule has 19 heavy (non-hydrogen) atoms. The summed E-state index contributed by atoms with van der Waals surface area (Å²) in [5.74, 6) is -0.329. The number of hydrogen-bond acceptors (Lipinski definition) is 3. The number of aromatic carboxylic acids is 1. The molecule has 0 amide bonds. The van der Waals surface area contributed by atoms with Crippen molar-refractivity contribution >= 4 is 5.97 Å². The molecule has 1 fully saturated rings. The predicted molar refractivity (Wildman–Crippen MR) is 73.2 cm³/mol. The minimum Gasteiger partial charge on any atom is -0.478 e. The number of piperidine rings is 1. The van der Waals surface area contributed by atoms with Crippen LogP contribution in [0.3, 0.4) is 0 Å². The van der Waals surface area contributed by atoms with Gasteiger partial charge in [0.1, 0.15) is 11.3 Å². The molecule has 1 N–H and O–H groups in total. The van der Waals surface area contributed by atoms with Gasteiger partial charge in [0.25, 0.3) is 0 Å². The highest BCUT2D eigenvalue weighted by Gasteiger charge is 2.31. The van der Waals surface area contributed by atoms with Crippen LogP contribution in [-0.2, 0) is 6.54 Å². The molecule has 0 radical (unpaired) electrons. The SMILES string of the molecule is CCC1(CC)CCN(Cc2occc2C(=O)O)CC1. The van der Waals surface area contributed by atoms with E-state index in [1.807, 2.05) is 0 Å². The molecule has 0 aliphatic carbocycles. The van der Waals surface area contributed by atoms with Crippen molar-refractivity contribution in [3.8, 4) is 0 Å². The fourth-order valence-electron chi connectivity index (χ4n) is 3.00. The van der Waals surface area contributed by atoms with Crippen LogP contribution in [0.25, 0.3) is 0 Å². The minimum absolute atomic E-state index is 0.294. The van der Waals surface area contributed by atoms with E-state index in [2.05, 4.69) is 18.7 Å². The monoisotopic (exact) mass is 265 g/mol. The molecule has 1 saturated heterocycles. The quantitative estimate of drug-likeness (QED) is 0.886. The molecule has 0 atom stereocenters. The largest absolute Gasteiger partial charge is 0.478 e. The van der Waals surface area contributed by atoms with E-state index < -0.39 is 5.97 Å². The van der Waals surface area contributed by atoms with Crippen LogP contribution >= 0.6 is 0 Å². The Morgan fingerprint density at radius 1 is 1.37 bits per heavy atom. The van der Waals surface area contributed by atoms with Gasteiger partial charge in [0.15, 0.2) is 0 Å². The summed E-state index contributed by atoms with van der Waals surface area (Å²) >= 11 is 0. The molecule has 0 bridgehead atoms. The van der Waals surface area contributed by atoms with Gasteiger partial charge in [-0.1, -0.05) is 26.7 Å². The molecule has 1 aliphatic rings. The second-order valence-electron chi connectivity index (χ2n) is 5.55. The Morgan fingerprint density at radius 2 is 2.00 bits per heavy atom. The number of nitrogens with zero attached hydrogens (tertiary/aromatic N) is 1. The van der Waals surface area contributed by atoms with Gasteiger partial charge in [0.05, 0.1) is 12.8 Å². The van der Waals surface area contributed by atoms with Gasteiger partial charge in [-0.3, -0.25) is 4.90 Å². The number of hydrogen-bond donors (Lipinski definition) is 1. The average molecular weight is 265 g/mol. The number of furan rings is 1. The number of carbonyl (C=O) groups is 1. The maximum Gasteiger partial charge on any atom is 0.339 e. The van der Waals surface area contributed by atoms with Crippen LogP contribution in [0.4, 0.5) is 0 Å². The fraction of sp³-hybridized carbons (Fsp3) is 0.667. The van der Waals surface area contributed by atoms with Gasteiger partial charge in [-0.25, -0.2) is 4.79 Å². The smallest absolute Gasteiger partial charge is 0.339 e. The van der Waals surface area contributed by atoms with E-state index in [1.54, 1.807) is 0 Å². The zero-order valence-electron chi connectivity index (χ0n) is 11.8. The molecule has 0 spiro atoms. The number of rotatable bonds is 5. The molecule has 4 heteroatoms. The van der Waals surface area contributed by atoms with Crippen molar-refractivity contribution in [3.63, 3.8) is 0 Å². The van der Waals surface area contributed by atoms with E-state index in [-0.39, 0.29) is 0 Å². The van der Waals surface area contributed by atoms with E-state index in [0.29, 0.717) is 23.3 Å². The molecule has 4 nitrogen and oxygen atoms in total. The first-order valence-electron chi connectivity index (χ1n) is 7.12. The molecular weight excluding hydrogens is 242 g/mol. The van der Waals surface area contributed by atoms with Crippen molar-refractivity contribution in [2.45, 2.75) is 46.1 Å². The maximum atomic E-state index is 11.0. The fourth-order valence-corrected chi connectivity index (χ4v) is 3.00.